The maximum absolute atomic E-state index is 11.6. The molecule has 1 aliphatic rings. The van der Waals surface area contributed by atoms with Crippen LogP contribution in [0.15, 0.2) is 42.1 Å². The third-order valence-electron chi connectivity index (χ3n) is 3.47. The van der Waals surface area contributed by atoms with Crippen molar-refractivity contribution in [3.05, 3.63) is 47.7 Å². The highest BCUT2D eigenvalue weighted by Crippen LogP contribution is 2.29. The standard InChI is InChI=1S/C14H18N4O2/c1-9(10-6-4-3-5-7-10)18-11(12(15)19)8-14(2,17-18)13(16)20/h3-9,17H,1-2H3,(H2,15,19)(H2,16,20)/t9-,14?/m0/s1. The van der Waals surface area contributed by atoms with Gasteiger partial charge in [0.1, 0.15) is 11.2 Å². The number of hydrogen-bond donors (Lipinski definition) is 3. The molecule has 1 aromatic carbocycles. The molecule has 0 aliphatic carbocycles. The topological polar surface area (TPSA) is 101 Å². The maximum atomic E-state index is 11.6. The number of hydrogen-bond acceptors (Lipinski definition) is 4. The number of primary amides is 2. The van der Waals surface area contributed by atoms with Gasteiger partial charge in [-0.1, -0.05) is 30.3 Å². The van der Waals surface area contributed by atoms with Gasteiger partial charge in [-0.05, 0) is 25.5 Å². The van der Waals surface area contributed by atoms with E-state index in [0.29, 0.717) is 0 Å². The lowest BCUT2D eigenvalue weighted by atomic mass is 10.0. The Kier molecular flexibility index (Phi) is 3.50. The molecule has 0 spiro atoms. The van der Waals surface area contributed by atoms with E-state index in [1.54, 1.807) is 11.9 Å². The Morgan fingerprint density at radius 3 is 2.35 bits per heavy atom. The molecular formula is C14H18N4O2. The molecule has 0 fully saturated rings. The Morgan fingerprint density at radius 2 is 1.85 bits per heavy atom. The first-order valence-electron chi connectivity index (χ1n) is 6.30. The van der Waals surface area contributed by atoms with Gasteiger partial charge in [-0.25, -0.2) is 5.43 Å². The average molecular weight is 274 g/mol. The van der Waals surface area contributed by atoms with Crippen LogP contribution in [0.25, 0.3) is 0 Å². The Hall–Kier alpha value is -2.34. The summed E-state index contributed by atoms with van der Waals surface area (Å²) in [6.45, 7) is 3.52. The van der Waals surface area contributed by atoms with Gasteiger partial charge in [0.2, 0.25) is 5.91 Å². The molecule has 20 heavy (non-hydrogen) atoms. The van der Waals surface area contributed by atoms with E-state index in [0.717, 1.165) is 5.56 Å². The molecule has 1 unspecified atom stereocenters. The minimum atomic E-state index is -1.12. The van der Waals surface area contributed by atoms with Crippen LogP contribution in [-0.2, 0) is 9.59 Å². The molecule has 5 N–H and O–H groups in total. The number of hydrazine groups is 1. The average Bonchev–Trinajstić information content (AvgIpc) is 2.79. The summed E-state index contributed by atoms with van der Waals surface area (Å²) in [5.74, 6) is -1.18. The van der Waals surface area contributed by atoms with Gasteiger partial charge in [-0.2, -0.15) is 0 Å². The largest absolute Gasteiger partial charge is 0.368 e. The molecule has 106 valence electrons. The van der Waals surface area contributed by atoms with Gasteiger partial charge in [0.05, 0.1) is 6.04 Å². The molecule has 0 bridgehead atoms. The summed E-state index contributed by atoms with van der Waals surface area (Å²) in [5.41, 5.74) is 13.8. The van der Waals surface area contributed by atoms with Crippen LogP contribution in [0.3, 0.4) is 0 Å². The number of carbonyl (C=O) groups is 2. The lowest BCUT2D eigenvalue weighted by Crippen LogP contribution is -2.54. The molecule has 6 heteroatoms. The van der Waals surface area contributed by atoms with Crippen LogP contribution in [0.1, 0.15) is 25.5 Å². The second-order valence-electron chi connectivity index (χ2n) is 5.03. The van der Waals surface area contributed by atoms with Crippen LogP contribution in [0.5, 0.6) is 0 Å². The summed E-state index contributed by atoms with van der Waals surface area (Å²) in [4.78, 5) is 23.1. The van der Waals surface area contributed by atoms with Gasteiger partial charge in [-0.15, -0.1) is 0 Å². The number of benzene rings is 1. The molecule has 0 saturated heterocycles. The first-order chi connectivity index (χ1) is 9.35. The molecular weight excluding hydrogens is 256 g/mol. The van der Waals surface area contributed by atoms with Crippen molar-refractivity contribution in [2.24, 2.45) is 11.5 Å². The van der Waals surface area contributed by atoms with Crippen LogP contribution >= 0.6 is 0 Å². The van der Waals surface area contributed by atoms with E-state index in [4.69, 9.17) is 11.5 Å². The van der Waals surface area contributed by atoms with Gasteiger partial charge >= 0.3 is 0 Å². The second kappa shape index (κ2) is 4.97. The molecule has 0 saturated carbocycles. The number of amides is 2. The Balaban J connectivity index is 2.35. The molecule has 6 nitrogen and oxygen atoms in total. The van der Waals surface area contributed by atoms with Crippen LogP contribution in [0, 0.1) is 0 Å². The minimum absolute atomic E-state index is 0.170. The quantitative estimate of drug-likeness (QED) is 0.729. The molecule has 2 atom stereocenters. The van der Waals surface area contributed by atoms with Crippen molar-refractivity contribution < 1.29 is 9.59 Å². The number of carbonyl (C=O) groups excluding carboxylic acids is 2. The van der Waals surface area contributed by atoms with Crippen LogP contribution in [0.4, 0.5) is 0 Å². The van der Waals surface area contributed by atoms with Crippen molar-refractivity contribution in [1.29, 1.82) is 0 Å². The zero-order valence-corrected chi connectivity index (χ0v) is 11.5. The summed E-state index contributed by atoms with van der Waals surface area (Å²) in [7, 11) is 0. The molecule has 1 heterocycles. The van der Waals surface area contributed by atoms with Crippen molar-refractivity contribution in [3.63, 3.8) is 0 Å². The summed E-state index contributed by atoms with van der Waals surface area (Å²) in [6, 6.07) is 9.42. The molecule has 0 radical (unpaired) electrons. The van der Waals surface area contributed by atoms with E-state index in [1.165, 1.54) is 6.08 Å². The molecule has 1 aliphatic heterocycles. The smallest absolute Gasteiger partial charge is 0.266 e. The number of rotatable bonds is 4. The normalized spacial score (nSPS) is 23.3. The Bertz CT molecular complexity index is 570. The number of nitrogens with zero attached hydrogens (tertiary/aromatic N) is 1. The van der Waals surface area contributed by atoms with Gasteiger partial charge in [0, 0.05) is 0 Å². The van der Waals surface area contributed by atoms with E-state index < -0.39 is 17.4 Å². The highest BCUT2D eigenvalue weighted by Gasteiger charge is 2.41. The van der Waals surface area contributed by atoms with E-state index >= 15 is 0 Å². The van der Waals surface area contributed by atoms with Gasteiger partial charge < -0.3 is 11.5 Å². The molecule has 2 amide bonds. The lowest BCUT2D eigenvalue weighted by molar-refractivity contribution is -0.123. The summed E-state index contributed by atoms with van der Waals surface area (Å²) < 4.78 is 0. The number of nitrogens with two attached hydrogens (primary N) is 2. The van der Waals surface area contributed by atoms with Crippen molar-refractivity contribution in [3.8, 4) is 0 Å². The third kappa shape index (κ3) is 2.37. The fourth-order valence-electron chi connectivity index (χ4n) is 2.19. The minimum Gasteiger partial charge on any atom is -0.368 e. The van der Waals surface area contributed by atoms with Crippen molar-refractivity contribution >= 4 is 11.8 Å². The summed E-state index contributed by atoms with van der Waals surface area (Å²) in [5, 5.41) is 1.59. The number of nitrogens with one attached hydrogen (secondary N) is 1. The first-order valence-corrected chi connectivity index (χ1v) is 6.30. The van der Waals surface area contributed by atoms with Gasteiger partial charge in [0.15, 0.2) is 0 Å². The Morgan fingerprint density at radius 1 is 1.25 bits per heavy atom. The van der Waals surface area contributed by atoms with Gasteiger partial charge in [-0.3, -0.25) is 14.6 Å². The second-order valence-corrected chi connectivity index (χ2v) is 5.03. The van der Waals surface area contributed by atoms with Gasteiger partial charge in [0.25, 0.3) is 5.91 Å². The van der Waals surface area contributed by atoms with E-state index in [2.05, 4.69) is 5.43 Å². The molecule has 1 aromatic rings. The van der Waals surface area contributed by atoms with E-state index in [-0.39, 0.29) is 11.7 Å². The third-order valence-corrected chi connectivity index (χ3v) is 3.47. The first kappa shape index (κ1) is 14.1. The molecule has 2 rings (SSSR count). The lowest BCUT2D eigenvalue weighted by Gasteiger charge is -2.31. The van der Waals surface area contributed by atoms with Crippen LogP contribution in [0.2, 0.25) is 0 Å². The predicted octanol–water partition coefficient (Wildman–Crippen LogP) is 0.181. The summed E-state index contributed by atoms with van der Waals surface area (Å²) in [6.07, 6.45) is 1.47. The van der Waals surface area contributed by atoms with Crippen molar-refractivity contribution in [1.82, 2.24) is 10.4 Å². The van der Waals surface area contributed by atoms with Crippen molar-refractivity contribution in [2.45, 2.75) is 25.4 Å². The highest BCUT2D eigenvalue weighted by molar-refractivity contribution is 5.96. The fraction of sp³-hybridized carbons (Fsp3) is 0.286. The zero-order chi connectivity index (χ0) is 14.9. The zero-order valence-electron chi connectivity index (χ0n) is 11.5. The SMILES string of the molecule is C[C@@H](c1ccccc1)N1NC(C)(C(N)=O)C=C1C(N)=O. The Labute approximate surface area is 117 Å². The monoisotopic (exact) mass is 274 g/mol. The summed E-state index contributed by atoms with van der Waals surface area (Å²) >= 11 is 0. The predicted molar refractivity (Wildman–Crippen MR) is 74.7 cm³/mol. The van der Waals surface area contributed by atoms with E-state index in [9.17, 15) is 9.59 Å². The van der Waals surface area contributed by atoms with E-state index in [1.807, 2.05) is 37.3 Å². The van der Waals surface area contributed by atoms with Crippen LogP contribution < -0.4 is 16.9 Å². The van der Waals surface area contributed by atoms with Crippen molar-refractivity contribution in [2.75, 3.05) is 0 Å². The van der Waals surface area contributed by atoms with Crippen LogP contribution in [-0.4, -0.2) is 22.4 Å². The maximum Gasteiger partial charge on any atom is 0.266 e. The fourth-order valence-corrected chi connectivity index (χ4v) is 2.19. The molecule has 0 aromatic heterocycles. The highest BCUT2D eigenvalue weighted by atomic mass is 16.2.